The summed E-state index contributed by atoms with van der Waals surface area (Å²) in [5.41, 5.74) is 0. The second-order valence-electron chi connectivity index (χ2n) is 22.0. The van der Waals surface area contributed by atoms with Gasteiger partial charge in [-0.1, -0.05) is 299 Å². The molecule has 0 saturated carbocycles. The quantitative estimate of drug-likeness (QED) is 0.0261. The lowest BCUT2D eigenvalue weighted by molar-refractivity contribution is -0.167. The number of allylic oxidation sites excluding steroid dienone is 12. The van der Waals surface area contributed by atoms with Gasteiger partial charge in [0.15, 0.2) is 6.10 Å². The molecule has 0 spiro atoms. The molecule has 440 valence electrons. The highest BCUT2D eigenvalue weighted by Gasteiger charge is 2.19. The lowest BCUT2D eigenvalue weighted by atomic mass is 10.0. The van der Waals surface area contributed by atoms with E-state index in [1.165, 1.54) is 199 Å². The maximum Gasteiger partial charge on any atom is 0.306 e. The van der Waals surface area contributed by atoms with E-state index in [4.69, 9.17) is 14.2 Å². The van der Waals surface area contributed by atoms with Crippen molar-refractivity contribution in [1.82, 2.24) is 0 Å². The Labute approximate surface area is 472 Å². The number of esters is 3. The Hall–Kier alpha value is -3.15. The summed E-state index contributed by atoms with van der Waals surface area (Å²) < 4.78 is 16.9. The summed E-state index contributed by atoms with van der Waals surface area (Å²) >= 11 is 0. The van der Waals surface area contributed by atoms with Gasteiger partial charge in [-0.2, -0.15) is 0 Å². The van der Waals surface area contributed by atoms with Crippen molar-refractivity contribution in [3.63, 3.8) is 0 Å². The number of carbonyl (C=O) groups excluding carboxylic acids is 3. The van der Waals surface area contributed by atoms with Crippen LogP contribution in [0.3, 0.4) is 0 Å². The van der Waals surface area contributed by atoms with Crippen molar-refractivity contribution < 1.29 is 28.6 Å². The summed E-state index contributed by atoms with van der Waals surface area (Å²) in [4.78, 5) is 38.2. The first kappa shape index (κ1) is 72.8. The molecule has 0 aliphatic rings. The standard InChI is InChI=1S/C70H124O6/c1-4-7-10-13-16-19-22-24-26-28-29-30-31-32-33-34-35-36-37-38-39-40-41-43-44-46-48-51-54-57-60-63-69(72)75-66-67(65-74-68(71)62-59-56-53-50-21-18-15-12-9-6-3)76-70(73)64-61-58-55-52-49-47-45-42-27-25-23-20-17-14-11-8-5-2/h8,11,17,20,22,24-25,27-29,31-32,67H,4-7,9-10,12-16,18-19,21,23,26,30,33-66H2,1-3H3/b11-8-,20-17-,24-22-,27-25-,29-28-,32-31-. The van der Waals surface area contributed by atoms with Crippen LogP contribution in [0.15, 0.2) is 72.9 Å². The zero-order chi connectivity index (χ0) is 55.0. The largest absolute Gasteiger partial charge is 0.462 e. The van der Waals surface area contributed by atoms with Crippen LogP contribution in [-0.2, 0) is 28.6 Å². The number of unbranched alkanes of at least 4 members (excludes halogenated alkanes) is 37. The predicted octanol–water partition coefficient (Wildman–Crippen LogP) is 22.5. The van der Waals surface area contributed by atoms with Crippen LogP contribution in [0, 0.1) is 0 Å². The van der Waals surface area contributed by atoms with E-state index in [0.29, 0.717) is 19.3 Å². The van der Waals surface area contributed by atoms with Crippen LogP contribution in [-0.4, -0.2) is 37.2 Å². The maximum atomic E-state index is 12.9. The van der Waals surface area contributed by atoms with Gasteiger partial charge in [0, 0.05) is 19.3 Å². The first-order chi connectivity index (χ1) is 37.5. The smallest absolute Gasteiger partial charge is 0.306 e. The maximum absolute atomic E-state index is 12.9. The van der Waals surface area contributed by atoms with Crippen LogP contribution in [0.1, 0.15) is 335 Å². The lowest BCUT2D eigenvalue weighted by Crippen LogP contribution is -2.30. The molecule has 0 aromatic heterocycles. The fourth-order valence-electron chi connectivity index (χ4n) is 9.53. The summed E-state index contributed by atoms with van der Waals surface area (Å²) in [6, 6.07) is 0. The van der Waals surface area contributed by atoms with Gasteiger partial charge in [0.2, 0.25) is 0 Å². The molecular formula is C70H124O6. The molecule has 0 N–H and O–H groups in total. The summed E-state index contributed by atoms with van der Waals surface area (Å²) in [5.74, 6) is -0.872. The van der Waals surface area contributed by atoms with E-state index in [-0.39, 0.29) is 31.1 Å². The van der Waals surface area contributed by atoms with Gasteiger partial charge in [0.25, 0.3) is 0 Å². The fourth-order valence-corrected chi connectivity index (χ4v) is 9.53. The number of carbonyl (C=O) groups is 3. The molecule has 0 aliphatic carbocycles. The average Bonchev–Trinajstić information content (AvgIpc) is 3.42. The second-order valence-corrected chi connectivity index (χ2v) is 22.0. The highest BCUT2D eigenvalue weighted by atomic mass is 16.6. The fraction of sp³-hybridized carbons (Fsp3) is 0.786. The molecule has 0 aromatic rings. The van der Waals surface area contributed by atoms with Crippen LogP contribution in [0.25, 0.3) is 0 Å². The Morgan fingerprint density at radius 3 is 0.803 bits per heavy atom. The van der Waals surface area contributed by atoms with E-state index in [1.807, 2.05) is 0 Å². The Balaban J connectivity index is 4.13. The molecule has 0 saturated heterocycles. The Bertz CT molecular complexity index is 1400. The summed E-state index contributed by atoms with van der Waals surface area (Å²) in [7, 11) is 0. The Kier molecular flexibility index (Phi) is 61.7. The van der Waals surface area contributed by atoms with E-state index in [2.05, 4.69) is 93.7 Å². The third-order valence-corrected chi connectivity index (χ3v) is 14.4. The van der Waals surface area contributed by atoms with Crippen LogP contribution in [0.5, 0.6) is 0 Å². The molecule has 1 unspecified atom stereocenters. The molecule has 76 heavy (non-hydrogen) atoms. The zero-order valence-electron chi connectivity index (χ0n) is 50.5. The molecule has 0 bridgehead atoms. The first-order valence-corrected chi connectivity index (χ1v) is 32.9. The van der Waals surface area contributed by atoms with E-state index in [1.54, 1.807) is 0 Å². The lowest BCUT2D eigenvalue weighted by Gasteiger charge is -2.18. The molecule has 1 atom stereocenters. The van der Waals surface area contributed by atoms with Crippen LogP contribution in [0.4, 0.5) is 0 Å². The monoisotopic (exact) mass is 1060 g/mol. The number of hydrogen-bond donors (Lipinski definition) is 0. The van der Waals surface area contributed by atoms with Gasteiger partial charge in [-0.25, -0.2) is 0 Å². The van der Waals surface area contributed by atoms with Crippen molar-refractivity contribution in [3.8, 4) is 0 Å². The van der Waals surface area contributed by atoms with Crippen LogP contribution < -0.4 is 0 Å². The zero-order valence-corrected chi connectivity index (χ0v) is 50.5. The molecular weight excluding hydrogens is 937 g/mol. The summed E-state index contributed by atoms with van der Waals surface area (Å²) in [5, 5.41) is 0. The minimum absolute atomic E-state index is 0.0757. The summed E-state index contributed by atoms with van der Waals surface area (Å²) in [6.45, 7) is 6.53. The van der Waals surface area contributed by atoms with Gasteiger partial charge < -0.3 is 14.2 Å². The van der Waals surface area contributed by atoms with Crippen molar-refractivity contribution >= 4 is 17.9 Å². The normalized spacial score (nSPS) is 12.5. The van der Waals surface area contributed by atoms with Crippen LogP contribution >= 0.6 is 0 Å². The minimum Gasteiger partial charge on any atom is -0.462 e. The van der Waals surface area contributed by atoms with E-state index in [0.717, 1.165) is 96.3 Å². The predicted molar refractivity (Wildman–Crippen MR) is 330 cm³/mol. The Morgan fingerprint density at radius 1 is 0.276 bits per heavy atom. The van der Waals surface area contributed by atoms with Crippen molar-refractivity contribution in [2.24, 2.45) is 0 Å². The van der Waals surface area contributed by atoms with Gasteiger partial charge in [-0.05, 0) is 89.9 Å². The van der Waals surface area contributed by atoms with Gasteiger partial charge >= 0.3 is 17.9 Å². The highest BCUT2D eigenvalue weighted by Crippen LogP contribution is 2.17. The first-order valence-electron chi connectivity index (χ1n) is 32.9. The van der Waals surface area contributed by atoms with Gasteiger partial charge in [0.05, 0.1) is 0 Å². The van der Waals surface area contributed by atoms with Crippen LogP contribution in [0.2, 0.25) is 0 Å². The van der Waals surface area contributed by atoms with Crippen molar-refractivity contribution in [2.45, 2.75) is 341 Å². The highest BCUT2D eigenvalue weighted by molar-refractivity contribution is 5.71. The van der Waals surface area contributed by atoms with Crippen molar-refractivity contribution in [1.29, 1.82) is 0 Å². The molecule has 0 rings (SSSR count). The molecule has 0 fully saturated rings. The molecule has 0 aliphatic heterocycles. The topological polar surface area (TPSA) is 78.9 Å². The third kappa shape index (κ3) is 61.7. The van der Waals surface area contributed by atoms with Crippen molar-refractivity contribution in [2.75, 3.05) is 13.2 Å². The number of hydrogen-bond acceptors (Lipinski definition) is 6. The van der Waals surface area contributed by atoms with Gasteiger partial charge in [-0.15, -0.1) is 0 Å². The van der Waals surface area contributed by atoms with Gasteiger partial charge in [-0.3, -0.25) is 14.4 Å². The SMILES string of the molecule is CC/C=C\C/C=C\C/C=C\CCCCCCCCCC(=O)OC(COC(=O)CCCCCCCCCCCC)COC(=O)CCCCCCCCCCCCCCCCCC/C=C\C/C=C\C/C=C\CCCCCCC. The molecule has 0 radical (unpaired) electrons. The average molecular weight is 1060 g/mol. The molecule has 6 nitrogen and oxygen atoms in total. The molecule has 0 amide bonds. The van der Waals surface area contributed by atoms with E-state index >= 15 is 0 Å². The second kappa shape index (κ2) is 64.4. The minimum atomic E-state index is -0.778. The third-order valence-electron chi connectivity index (χ3n) is 14.4. The Morgan fingerprint density at radius 2 is 0.513 bits per heavy atom. The van der Waals surface area contributed by atoms with Crippen molar-refractivity contribution in [3.05, 3.63) is 72.9 Å². The summed E-state index contributed by atoms with van der Waals surface area (Å²) in [6.07, 6.45) is 83.6. The van der Waals surface area contributed by atoms with E-state index in [9.17, 15) is 14.4 Å². The van der Waals surface area contributed by atoms with E-state index < -0.39 is 6.10 Å². The molecule has 6 heteroatoms. The van der Waals surface area contributed by atoms with Gasteiger partial charge in [0.1, 0.15) is 13.2 Å². The molecule has 0 heterocycles. The number of rotatable bonds is 60. The number of ether oxygens (including phenoxy) is 3. The molecule has 0 aromatic carbocycles.